The Labute approximate surface area is 180 Å². The third-order valence-electron chi connectivity index (χ3n) is 4.82. The number of hydrogen-bond acceptors (Lipinski definition) is 4. The van der Waals surface area contributed by atoms with Gasteiger partial charge in [-0.3, -0.25) is 0 Å². The van der Waals surface area contributed by atoms with Crippen molar-refractivity contribution in [3.8, 4) is 0 Å². The topological polar surface area (TPSA) is 70.2 Å². The van der Waals surface area contributed by atoms with Crippen LogP contribution in [0.15, 0.2) is 24.3 Å². The van der Waals surface area contributed by atoms with E-state index in [9.17, 15) is 31.1 Å². The van der Waals surface area contributed by atoms with E-state index in [1.54, 1.807) is 6.92 Å². The zero-order chi connectivity index (χ0) is 23.5. The van der Waals surface area contributed by atoms with Crippen LogP contribution in [0.5, 0.6) is 0 Å². The molecule has 0 saturated carbocycles. The molecule has 32 heavy (non-hydrogen) atoms. The van der Waals surface area contributed by atoms with E-state index in [1.165, 1.54) is 0 Å². The Morgan fingerprint density at radius 1 is 0.938 bits per heavy atom. The monoisotopic (exact) mass is 461 g/mol. The Bertz CT molecular complexity index is 938. The summed E-state index contributed by atoms with van der Waals surface area (Å²) in [6.45, 7) is 3.31. The molecule has 1 aliphatic rings. The smallest absolute Gasteiger partial charge is 0.357 e. The highest BCUT2D eigenvalue weighted by atomic mass is 19.4. The molecule has 2 heterocycles. The van der Waals surface area contributed by atoms with Crippen LogP contribution in [0.4, 0.5) is 42.6 Å². The van der Waals surface area contributed by atoms with E-state index in [0.717, 1.165) is 32.4 Å². The van der Waals surface area contributed by atoms with Crippen LogP contribution in [0.1, 0.15) is 41.9 Å². The SMILES string of the molecule is Cc1cc(N2CCCCC2)nc(CNC(=O)Nc2cc(C(F)(F)F)cc(C(F)(F)F)c2)n1. The molecule has 2 N–H and O–H groups in total. The summed E-state index contributed by atoms with van der Waals surface area (Å²) in [7, 11) is 0. The van der Waals surface area contributed by atoms with Crippen molar-refractivity contribution < 1.29 is 31.1 Å². The first-order valence-electron chi connectivity index (χ1n) is 9.86. The van der Waals surface area contributed by atoms with Crippen LogP contribution in [0.25, 0.3) is 0 Å². The summed E-state index contributed by atoms with van der Waals surface area (Å²) < 4.78 is 77.7. The van der Waals surface area contributed by atoms with Crippen molar-refractivity contribution in [1.82, 2.24) is 15.3 Å². The van der Waals surface area contributed by atoms with Gasteiger partial charge >= 0.3 is 18.4 Å². The minimum absolute atomic E-state index is 0.00814. The molecule has 2 amide bonds. The van der Waals surface area contributed by atoms with Crippen LogP contribution in [-0.2, 0) is 18.9 Å². The average molecular weight is 461 g/mol. The largest absolute Gasteiger partial charge is 0.416 e. The fourth-order valence-electron chi connectivity index (χ4n) is 3.34. The lowest BCUT2D eigenvalue weighted by Gasteiger charge is -2.28. The summed E-state index contributed by atoms with van der Waals surface area (Å²) in [5.74, 6) is 0.989. The number of hydrogen-bond donors (Lipinski definition) is 2. The Morgan fingerprint density at radius 3 is 2.09 bits per heavy atom. The van der Waals surface area contributed by atoms with Gasteiger partial charge in [-0.1, -0.05) is 0 Å². The van der Waals surface area contributed by atoms with Gasteiger partial charge in [-0.2, -0.15) is 26.3 Å². The van der Waals surface area contributed by atoms with Crippen molar-refractivity contribution in [2.45, 2.75) is 45.1 Å². The Kier molecular flexibility index (Phi) is 6.79. The normalized spacial score (nSPS) is 14.9. The predicted octanol–water partition coefficient (Wildman–Crippen LogP) is 5.13. The maximum absolute atomic E-state index is 13.0. The number of anilines is 2. The highest BCUT2D eigenvalue weighted by molar-refractivity contribution is 5.89. The predicted molar refractivity (Wildman–Crippen MR) is 105 cm³/mol. The fraction of sp³-hybridized carbons (Fsp3) is 0.450. The van der Waals surface area contributed by atoms with E-state index in [1.807, 2.05) is 11.4 Å². The number of carbonyl (C=O) groups is 1. The van der Waals surface area contributed by atoms with Gasteiger partial charge in [0.25, 0.3) is 0 Å². The molecule has 0 radical (unpaired) electrons. The number of amides is 2. The first-order valence-corrected chi connectivity index (χ1v) is 9.86. The molecule has 0 aliphatic carbocycles. The number of carbonyl (C=O) groups excluding carboxylic acids is 1. The number of benzene rings is 1. The third-order valence-corrected chi connectivity index (χ3v) is 4.82. The lowest BCUT2D eigenvalue weighted by Crippen LogP contribution is -2.32. The molecule has 12 heteroatoms. The highest BCUT2D eigenvalue weighted by Crippen LogP contribution is 2.37. The van der Waals surface area contributed by atoms with Crippen molar-refractivity contribution >= 4 is 17.5 Å². The van der Waals surface area contributed by atoms with Gasteiger partial charge in [0.1, 0.15) is 11.6 Å². The molecule has 0 bridgehead atoms. The van der Waals surface area contributed by atoms with Crippen LogP contribution in [0.2, 0.25) is 0 Å². The summed E-state index contributed by atoms with van der Waals surface area (Å²) in [5.41, 5.74) is -3.00. The highest BCUT2D eigenvalue weighted by Gasteiger charge is 2.37. The zero-order valence-electron chi connectivity index (χ0n) is 17.1. The average Bonchev–Trinajstić information content (AvgIpc) is 2.71. The number of rotatable bonds is 4. The zero-order valence-corrected chi connectivity index (χ0v) is 17.1. The number of aryl methyl sites for hydroxylation is 1. The second-order valence-electron chi connectivity index (χ2n) is 7.43. The van der Waals surface area contributed by atoms with Gasteiger partial charge in [-0.15, -0.1) is 0 Å². The molecule has 174 valence electrons. The van der Waals surface area contributed by atoms with Crippen molar-refractivity contribution in [2.24, 2.45) is 0 Å². The number of piperidine rings is 1. The number of nitrogens with zero attached hydrogens (tertiary/aromatic N) is 3. The first kappa shape index (κ1) is 23.6. The van der Waals surface area contributed by atoms with Crippen LogP contribution in [-0.4, -0.2) is 29.1 Å². The van der Waals surface area contributed by atoms with Gasteiger partial charge in [0.15, 0.2) is 0 Å². The Balaban J connectivity index is 1.70. The molecule has 0 atom stereocenters. The molecule has 1 aromatic heterocycles. The second kappa shape index (κ2) is 9.21. The molecular weight excluding hydrogens is 440 g/mol. The maximum Gasteiger partial charge on any atom is 0.416 e. The lowest BCUT2D eigenvalue weighted by atomic mass is 10.1. The molecule has 1 aromatic carbocycles. The van der Waals surface area contributed by atoms with E-state index in [4.69, 9.17) is 0 Å². The van der Waals surface area contributed by atoms with Gasteiger partial charge in [0.05, 0.1) is 17.7 Å². The van der Waals surface area contributed by atoms with E-state index in [2.05, 4.69) is 20.2 Å². The van der Waals surface area contributed by atoms with E-state index >= 15 is 0 Å². The second-order valence-corrected chi connectivity index (χ2v) is 7.43. The van der Waals surface area contributed by atoms with Crippen molar-refractivity contribution in [1.29, 1.82) is 0 Å². The quantitative estimate of drug-likeness (QED) is 0.619. The van der Waals surface area contributed by atoms with Crippen LogP contribution in [0.3, 0.4) is 0 Å². The molecule has 0 unspecified atom stereocenters. The summed E-state index contributed by atoms with van der Waals surface area (Å²) in [6, 6.07) is 1.70. The number of alkyl halides is 6. The number of halogens is 6. The van der Waals surface area contributed by atoms with Gasteiger partial charge in [0, 0.05) is 30.5 Å². The number of aromatic nitrogens is 2. The molecule has 1 saturated heterocycles. The fourth-order valence-corrected chi connectivity index (χ4v) is 3.34. The molecule has 0 spiro atoms. The van der Waals surface area contributed by atoms with Gasteiger partial charge in [-0.05, 0) is 44.4 Å². The Morgan fingerprint density at radius 2 is 1.53 bits per heavy atom. The molecule has 2 aromatic rings. The molecule has 1 fully saturated rings. The van der Waals surface area contributed by atoms with Crippen LogP contribution < -0.4 is 15.5 Å². The lowest BCUT2D eigenvalue weighted by molar-refractivity contribution is -0.143. The van der Waals surface area contributed by atoms with Crippen molar-refractivity contribution in [2.75, 3.05) is 23.3 Å². The molecule has 1 aliphatic heterocycles. The van der Waals surface area contributed by atoms with Gasteiger partial charge in [-0.25, -0.2) is 14.8 Å². The first-order chi connectivity index (χ1) is 14.9. The maximum atomic E-state index is 13.0. The van der Waals surface area contributed by atoms with Crippen LogP contribution >= 0.6 is 0 Å². The minimum Gasteiger partial charge on any atom is -0.357 e. The number of nitrogens with one attached hydrogen (secondary N) is 2. The summed E-state index contributed by atoms with van der Waals surface area (Å²) >= 11 is 0. The van der Waals surface area contributed by atoms with Crippen molar-refractivity contribution in [3.05, 3.63) is 46.9 Å². The molecule has 6 nitrogen and oxygen atoms in total. The summed E-state index contributed by atoms with van der Waals surface area (Å²) in [5, 5.41) is 4.38. The summed E-state index contributed by atoms with van der Waals surface area (Å²) in [4.78, 5) is 22.9. The molecular formula is C20H21F6N5O. The Hall–Kier alpha value is -3.05. The van der Waals surface area contributed by atoms with Gasteiger partial charge in [0.2, 0.25) is 0 Å². The van der Waals surface area contributed by atoms with E-state index < -0.39 is 35.2 Å². The minimum atomic E-state index is -5.01. The third kappa shape index (κ3) is 6.24. The van der Waals surface area contributed by atoms with Gasteiger partial charge < -0.3 is 15.5 Å². The van der Waals surface area contributed by atoms with Crippen LogP contribution in [0, 0.1) is 6.92 Å². The summed E-state index contributed by atoms with van der Waals surface area (Å²) in [6.07, 6.45) is -6.80. The van der Waals surface area contributed by atoms with Crippen molar-refractivity contribution in [3.63, 3.8) is 0 Å². The van der Waals surface area contributed by atoms with E-state index in [0.29, 0.717) is 23.6 Å². The molecule has 3 rings (SSSR count). The van der Waals surface area contributed by atoms with E-state index in [-0.39, 0.29) is 18.4 Å². The number of urea groups is 1. The standard InChI is InChI=1S/C20H21F6N5O/c1-12-7-17(31-5-3-2-4-6-31)30-16(28-12)11-27-18(32)29-15-9-13(19(21,22)23)8-14(10-15)20(24,25)26/h7-10H,2-6,11H2,1H3,(H2,27,29,32).